The molecule has 3 aromatic carbocycles. The molecule has 34 heavy (non-hydrogen) atoms. The SMILES string of the molecule is Cc1ccc(S(=O)(=O)N(CC(=O)N/N=C\c2cccc(C(F)(F)F)c2)c2ccc(Cl)cc2)cc1. The summed E-state index contributed by atoms with van der Waals surface area (Å²) in [6.07, 6.45) is -3.48. The van der Waals surface area contributed by atoms with Gasteiger partial charge in [0.1, 0.15) is 6.54 Å². The average molecular weight is 510 g/mol. The predicted molar refractivity (Wildman–Crippen MR) is 124 cm³/mol. The van der Waals surface area contributed by atoms with Crippen molar-refractivity contribution >= 4 is 39.4 Å². The number of hydrazone groups is 1. The number of nitrogens with zero attached hydrogens (tertiary/aromatic N) is 2. The van der Waals surface area contributed by atoms with Crippen LogP contribution in [-0.2, 0) is 21.0 Å². The Bertz CT molecular complexity index is 1290. The molecule has 1 N–H and O–H groups in total. The fourth-order valence-corrected chi connectivity index (χ4v) is 4.45. The lowest BCUT2D eigenvalue weighted by atomic mass is 10.1. The van der Waals surface area contributed by atoms with Gasteiger partial charge in [0.25, 0.3) is 15.9 Å². The smallest absolute Gasteiger partial charge is 0.271 e. The lowest BCUT2D eigenvalue weighted by Crippen LogP contribution is -2.39. The van der Waals surface area contributed by atoms with Gasteiger partial charge in [-0.3, -0.25) is 9.10 Å². The van der Waals surface area contributed by atoms with E-state index in [4.69, 9.17) is 11.6 Å². The van der Waals surface area contributed by atoms with Crippen LogP contribution < -0.4 is 9.73 Å². The minimum absolute atomic E-state index is 0.0201. The van der Waals surface area contributed by atoms with Gasteiger partial charge in [0, 0.05) is 5.02 Å². The lowest BCUT2D eigenvalue weighted by molar-refractivity contribution is -0.137. The van der Waals surface area contributed by atoms with Gasteiger partial charge in [-0.05, 0) is 61.0 Å². The maximum absolute atomic E-state index is 13.3. The Morgan fingerprint density at radius 2 is 1.71 bits per heavy atom. The van der Waals surface area contributed by atoms with E-state index in [1.807, 2.05) is 6.92 Å². The maximum Gasteiger partial charge on any atom is 0.416 e. The van der Waals surface area contributed by atoms with Crippen molar-refractivity contribution in [2.24, 2.45) is 5.10 Å². The quantitative estimate of drug-likeness (QED) is 0.359. The Morgan fingerprint density at radius 1 is 1.06 bits per heavy atom. The van der Waals surface area contributed by atoms with Gasteiger partial charge in [-0.1, -0.05) is 41.4 Å². The van der Waals surface area contributed by atoms with Crippen LogP contribution in [0, 0.1) is 6.92 Å². The second-order valence-corrected chi connectivity index (χ2v) is 9.52. The van der Waals surface area contributed by atoms with Gasteiger partial charge in [0.05, 0.1) is 22.4 Å². The van der Waals surface area contributed by atoms with Crippen LogP contribution >= 0.6 is 11.6 Å². The molecular formula is C23H19ClF3N3O3S. The second kappa shape index (κ2) is 10.3. The van der Waals surface area contributed by atoms with Crippen molar-refractivity contribution in [3.63, 3.8) is 0 Å². The van der Waals surface area contributed by atoms with Crippen molar-refractivity contribution in [2.75, 3.05) is 10.8 Å². The third kappa shape index (κ3) is 6.36. The molecular weight excluding hydrogens is 491 g/mol. The molecule has 0 heterocycles. The van der Waals surface area contributed by atoms with Crippen molar-refractivity contribution in [1.29, 1.82) is 0 Å². The first-order valence-corrected chi connectivity index (χ1v) is 11.6. The summed E-state index contributed by atoms with van der Waals surface area (Å²) in [5, 5.41) is 4.04. The van der Waals surface area contributed by atoms with Crippen LogP contribution in [0.2, 0.25) is 5.02 Å². The van der Waals surface area contributed by atoms with Crippen LogP contribution in [0.1, 0.15) is 16.7 Å². The number of carbonyl (C=O) groups excluding carboxylic acids is 1. The molecule has 1 amide bonds. The molecule has 3 aromatic rings. The van der Waals surface area contributed by atoms with E-state index in [1.165, 1.54) is 48.5 Å². The van der Waals surface area contributed by atoms with Crippen molar-refractivity contribution in [3.05, 3.63) is 94.5 Å². The Kier molecular flexibility index (Phi) is 7.63. The number of hydrogen-bond acceptors (Lipinski definition) is 4. The van der Waals surface area contributed by atoms with Crippen LogP contribution in [0.25, 0.3) is 0 Å². The molecule has 11 heteroatoms. The summed E-state index contributed by atoms with van der Waals surface area (Å²) in [5.41, 5.74) is 2.45. The van der Waals surface area contributed by atoms with Crippen LogP contribution in [0.4, 0.5) is 18.9 Å². The van der Waals surface area contributed by atoms with Gasteiger partial charge >= 0.3 is 6.18 Å². The number of halogens is 4. The Labute approximate surface area is 199 Å². The predicted octanol–water partition coefficient (Wildman–Crippen LogP) is 5.01. The average Bonchev–Trinajstić information content (AvgIpc) is 2.78. The minimum atomic E-state index is -4.52. The van der Waals surface area contributed by atoms with E-state index < -0.39 is 34.2 Å². The minimum Gasteiger partial charge on any atom is -0.271 e. The fourth-order valence-electron chi connectivity index (χ4n) is 2.90. The van der Waals surface area contributed by atoms with Crippen LogP contribution in [0.3, 0.4) is 0 Å². The second-order valence-electron chi connectivity index (χ2n) is 7.22. The molecule has 6 nitrogen and oxygen atoms in total. The number of anilines is 1. The summed E-state index contributed by atoms with van der Waals surface area (Å²) < 4.78 is 65.9. The number of aryl methyl sites for hydroxylation is 1. The first-order valence-electron chi connectivity index (χ1n) is 9.81. The zero-order valence-corrected chi connectivity index (χ0v) is 19.3. The number of sulfonamides is 1. The Hall–Kier alpha value is -3.37. The largest absolute Gasteiger partial charge is 0.416 e. The van der Waals surface area contributed by atoms with Gasteiger partial charge in [-0.25, -0.2) is 13.8 Å². The third-order valence-corrected chi connectivity index (χ3v) is 6.67. The number of amides is 1. The first kappa shape index (κ1) is 25.3. The standard InChI is InChI=1S/C23H19ClF3N3O3S/c1-16-5-11-21(12-6-16)34(32,33)30(20-9-7-19(24)8-10-20)15-22(31)29-28-14-17-3-2-4-18(13-17)23(25,26)27/h2-14H,15H2,1H3,(H,29,31)/b28-14-. The van der Waals surface area contributed by atoms with E-state index in [9.17, 15) is 26.4 Å². The summed E-state index contributed by atoms with van der Waals surface area (Å²) in [5.74, 6) is -0.797. The monoisotopic (exact) mass is 509 g/mol. The molecule has 0 aliphatic carbocycles. The normalized spacial score (nSPS) is 12.0. The van der Waals surface area contributed by atoms with Crippen molar-refractivity contribution in [1.82, 2.24) is 5.43 Å². The van der Waals surface area contributed by atoms with E-state index in [2.05, 4.69) is 10.5 Å². The highest BCUT2D eigenvalue weighted by Crippen LogP contribution is 2.29. The summed E-state index contributed by atoms with van der Waals surface area (Å²) in [6, 6.07) is 16.4. The molecule has 0 aliphatic heterocycles. The van der Waals surface area contributed by atoms with Crippen LogP contribution in [-0.4, -0.2) is 27.1 Å². The number of hydrogen-bond donors (Lipinski definition) is 1. The molecule has 0 spiro atoms. The zero-order valence-electron chi connectivity index (χ0n) is 17.8. The molecule has 0 saturated heterocycles. The lowest BCUT2D eigenvalue weighted by Gasteiger charge is -2.23. The van der Waals surface area contributed by atoms with Crippen molar-refractivity contribution in [2.45, 2.75) is 18.0 Å². The molecule has 0 unspecified atom stereocenters. The molecule has 0 aromatic heterocycles. The van der Waals surface area contributed by atoms with E-state index in [1.54, 1.807) is 12.1 Å². The van der Waals surface area contributed by atoms with Gasteiger partial charge in [-0.2, -0.15) is 18.3 Å². The number of carbonyl (C=O) groups is 1. The topological polar surface area (TPSA) is 78.8 Å². The number of nitrogens with one attached hydrogen (secondary N) is 1. The van der Waals surface area contributed by atoms with Gasteiger partial charge in [-0.15, -0.1) is 0 Å². The number of benzene rings is 3. The maximum atomic E-state index is 13.3. The Balaban J connectivity index is 1.81. The summed E-state index contributed by atoms with van der Waals surface area (Å²) in [6.45, 7) is 1.18. The zero-order chi connectivity index (χ0) is 24.9. The highest BCUT2D eigenvalue weighted by atomic mass is 35.5. The van der Waals surface area contributed by atoms with E-state index in [-0.39, 0.29) is 16.1 Å². The molecule has 0 radical (unpaired) electrons. The first-order chi connectivity index (χ1) is 16.0. The summed E-state index contributed by atoms with van der Waals surface area (Å²) >= 11 is 5.90. The van der Waals surface area contributed by atoms with Gasteiger partial charge in [0.15, 0.2) is 0 Å². The highest BCUT2D eigenvalue weighted by molar-refractivity contribution is 7.92. The Morgan fingerprint density at radius 3 is 2.32 bits per heavy atom. The molecule has 0 fully saturated rings. The highest BCUT2D eigenvalue weighted by Gasteiger charge is 2.30. The third-order valence-electron chi connectivity index (χ3n) is 4.63. The van der Waals surface area contributed by atoms with Gasteiger partial charge in [0.2, 0.25) is 0 Å². The van der Waals surface area contributed by atoms with Gasteiger partial charge < -0.3 is 0 Å². The fraction of sp³-hybridized carbons (Fsp3) is 0.130. The van der Waals surface area contributed by atoms with E-state index >= 15 is 0 Å². The summed E-state index contributed by atoms with van der Waals surface area (Å²) in [4.78, 5) is 12.5. The molecule has 178 valence electrons. The van der Waals surface area contributed by atoms with E-state index in [0.717, 1.165) is 28.2 Å². The van der Waals surface area contributed by atoms with Crippen LogP contribution in [0.5, 0.6) is 0 Å². The van der Waals surface area contributed by atoms with Crippen molar-refractivity contribution in [3.8, 4) is 0 Å². The molecule has 0 bridgehead atoms. The van der Waals surface area contributed by atoms with Crippen molar-refractivity contribution < 1.29 is 26.4 Å². The van der Waals surface area contributed by atoms with Crippen LogP contribution in [0.15, 0.2) is 82.8 Å². The molecule has 3 rings (SSSR count). The molecule has 0 atom stereocenters. The van der Waals surface area contributed by atoms with E-state index in [0.29, 0.717) is 5.02 Å². The number of rotatable bonds is 7. The molecule has 0 aliphatic rings. The number of alkyl halides is 3. The summed E-state index contributed by atoms with van der Waals surface area (Å²) in [7, 11) is -4.13. The molecule has 0 saturated carbocycles.